The number of nitrogens with one attached hydrogen (secondary N) is 1. The molecule has 2 fully saturated rings. The molecule has 23 heavy (non-hydrogen) atoms. The van der Waals surface area contributed by atoms with Gasteiger partial charge in [0, 0.05) is 19.5 Å². The Hall–Kier alpha value is -1.82. The Kier molecular flexibility index (Phi) is 3.44. The number of hydrogen-bond acceptors (Lipinski definition) is 4. The first kappa shape index (κ1) is 14.8. The highest BCUT2D eigenvalue weighted by Crippen LogP contribution is 2.45. The second kappa shape index (κ2) is 5.37. The summed E-state index contributed by atoms with van der Waals surface area (Å²) in [5, 5.41) is 2.85. The average Bonchev–Trinajstić information content (AvgIpc) is 3.34. The van der Waals surface area contributed by atoms with Crippen molar-refractivity contribution >= 4 is 11.8 Å². The number of nitrogens with zero attached hydrogens (tertiary/aromatic N) is 1. The molecule has 1 N–H and O–H groups in total. The molecule has 1 aliphatic carbocycles. The summed E-state index contributed by atoms with van der Waals surface area (Å²) in [5.41, 5.74) is 0.547. The number of fused-ring (bicyclic) bond motifs is 1. The van der Waals surface area contributed by atoms with Gasteiger partial charge in [-0.15, -0.1) is 0 Å². The van der Waals surface area contributed by atoms with Crippen molar-refractivity contribution in [3.05, 3.63) is 23.2 Å². The Morgan fingerprint density at radius 2 is 2.26 bits per heavy atom. The summed E-state index contributed by atoms with van der Waals surface area (Å²) in [4.78, 5) is 27.4. The molecule has 1 unspecified atom stereocenters. The van der Waals surface area contributed by atoms with Crippen LogP contribution in [0.4, 0.5) is 0 Å². The van der Waals surface area contributed by atoms with E-state index < -0.39 is 0 Å². The zero-order valence-corrected chi connectivity index (χ0v) is 13.4. The number of aryl methyl sites for hydroxylation is 1. The van der Waals surface area contributed by atoms with Crippen LogP contribution < -0.4 is 5.32 Å². The van der Waals surface area contributed by atoms with Crippen LogP contribution in [0.15, 0.2) is 10.7 Å². The molecule has 1 aromatic heterocycles. The fourth-order valence-electron chi connectivity index (χ4n) is 3.82. The monoisotopic (exact) mass is 318 g/mol. The molecule has 0 aromatic carbocycles. The Balaban J connectivity index is 1.69. The zero-order chi connectivity index (χ0) is 16.0. The van der Waals surface area contributed by atoms with Crippen LogP contribution in [-0.4, -0.2) is 48.6 Å². The lowest BCUT2D eigenvalue weighted by molar-refractivity contribution is -0.0548. The smallest absolute Gasteiger partial charge is 0.258 e. The summed E-state index contributed by atoms with van der Waals surface area (Å²) >= 11 is 0. The maximum atomic E-state index is 13.2. The number of carbonyl (C=O) groups is 2. The van der Waals surface area contributed by atoms with Crippen molar-refractivity contribution in [2.45, 2.75) is 38.1 Å². The van der Waals surface area contributed by atoms with Gasteiger partial charge in [-0.25, -0.2) is 0 Å². The molecule has 4 rings (SSSR count). The predicted octanol–water partition coefficient (Wildman–Crippen LogP) is 1.60. The standard InChI is InChI=1S/C17H22N2O4/c1-17(11-4-5-11)10-22-8-7-19(17)16(21)12-9-23-13-3-2-6-18-15(20)14(12)13/h9,11H,2-8,10H2,1H3,(H,18,20). The Morgan fingerprint density at radius 3 is 3.04 bits per heavy atom. The van der Waals surface area contributed by atoms with E-state index in [1.807, 2.05) is 4.90 Å². The molecule has 3 aliphatic rings. The van der Waals surface area contributed by atoms with Crippen LogP contribution in [-0.2, 0) is 11.2 Å². The van der Waals surface area contributed by atoms with E-state index in [2.05, 4.69) is 12.2 Å². The molecular formula is C17H22N2O4. The summed E-state index contributed by atoms with van der Waals surface area (Å²) in [5.74, 6) is 0.816. The number of rotatable bonds is 2. The molecular weight excluding hydrogens is 296 g/mol. The first-order valence-electron chi connectivity index (χ1n) is 8.39. The molecule has 2 amide bonds. The number of carbonyl (C=O) groups excluding carboxylic acids is 2. The SMILES string of the molecule is CC1(C2CC2)COCCN1C(=O)c1coc2c1C(=O)NCCC2. The van der Waals surface area contributed by atoms with E-state index in [9.17, 15) is 9.59 Å². The minimum atomic E-state index is -0.277. The Labute approximate surface area is 135 Å². The van der Waals surface area contributed by atoms with Gasteiger partial charge in [0.15, 0.2) is 0 Å². The molecule has 124 valence electrons. The Bertz CT molecular complexity index is 649. The van der Waals surface area contributed by atoms with E-state index in [0.717, 1.165) is 19.3 Å². The van der Waals surface area contributed by atoms with Crippen LogP contribution >= 0.6 is 0 Å². The van der Waals surface area contributed by atoms with Crippen LogP contribution in [0, 0.1) is 5.92 Å². The summed E-state index contributed by atoms with van der Waals surface area (Å²) in [7, 11) is 0. The maximum absolute atomic E-state index is 13.2. The normalized spacial score (nSPS) is 28.0. The predicted molar refractivity (Wildman–Crippen MR) is 82.3 cm³/mol. The van der Waals surface area contributed by atoms with Gasteiger partial charge in [0.05, 0.1) is 29.9 Å². The molecule has 6 nitrogen and oxygen atoms in total. The van der Waals surface area contributed by atoms with Crippen LogP contribution in [0.5, 0.6) is 0 Å². The molecule has 0 radical (unpaired) electrons. The lowest BCUT2D eigenvalue weighted by Crippen LogP contribution is -2.58. The molecule has 0 bridgehead atoms. The van der Waals surface area contributed by atoms with E-state index >= 15 is 0 Å². The third-order valence-corrected chi connectivity index (χ3v) is 5.36. The van der Waals surface area contributed by atoms with Gasteiger partial charge in [0.2, 0.25) is 0 Å². The highest BCUT2D eigenvalue weighted by Gasteiger charge is 2.50. The molecule has 0 spiro atoms. The van der Waals surface area contributed by atoms with Gasteiger partial charge in [-0.05, 0) is 32.1 Å². The second-order valence-electron chi connectivity index (χ2n) is 6.95. The van der Waals surface area contributed by atoms with Gasteiger partial charge in [-0.1, -0.05) is 0 Å². The molecule has 6 heteroatoms. The molecule has 1 saturated heterocycles. The van der Waals surface area contributed by atoms with Gasteiger partial charge < -0.3 is 19.4 Å². The van der Waals surface area contributed by atoms with Crippen LogP contribution in [0.1, 0.15) is 52.7 Å². The average molecular weight is 318 g/mol. The van der Waals surface area contributed by atoms with E-state index in [-0.39, 0.29) is 17.4 Å². The van der Waals surface area contributed by atoms with Crippen molar-refractivity contribution < 1.29 is 18.7 Å². The van der Waals surface area contributed by atoms with Crippen molar-refractivity contribution in [2.24, 2.45) is 5.92 Å². The lowest BCUT2D eigenvalue weighted by Gasteiger charge is -2.45. The van der Waals surface area contributed by atoms with E-state index in [1.165, 1.54) is 6.26 Å². The molecule has 2 aliphatic heterocycles. The van der Waals surface area contributed by atoms with Gasteiger partial charge >= 0.3 is 0 Å². The lowest BCUT2D eigenvalue weighted by atomic mass is 9.92. The zero-order valence-electron chi connectivity index (χ0n) is 13.4. The van der Waals surface area contributed by atoms with Crippen molar-refractivity contribution in [3.8, 4) is 0 Å². The number of furan rings is 1. The summed E-state index contributed by atoms with van der Waals surface area (Å²) in [6, 6.07) is 0. The second-order valence-corrected chi connectivity index (χ2v) is 6.95. The van der Waals surface area contributed by atoms with E-state index in [1.54, 1.807) is 0 Å². The van der Waals surface area contributed by atoms with Crippen molar-refractivity contribution in [2.75, 3.05) is 26.3 Å². The van der Waals surface area contributed by atoms with Crippen molar-refractivity contribution in [1.82, 2.24) is 10.2 Å². The number of ether oxygens (including phenoxy) is 1. The van der Waals surface area contributed by atoms with Crippen LogP contribution in [0.3, 0.4) is 0 Å². The third kappa shape index (κ3) is 2.36. The van der Waals surface area contributed by atoms with Crippen molar-refractivity contribution in [1.29, 1.82) is 0 Å². The fourth-order valence-corrected chi connectivity index (χ4v) is 3.82. The summed E-state index contributed by atoms with van der Waals surface area (Å²) in [6.07, 6.45) is 5.24. The fraction of sp³-hybridized carbons (Fsp3) is 0.647. The molecule has 1 atom stereocenters. The largest absolute Gasteiger partial charge is 0.468 e. The van der Waals surface area contributed by atoms with Crippen LogP contribution in [0.25, 0.3) is 0 Å². The molecule has 3 heterocycles. The molecule has 1 saturated carbocycles. The summed E-state index contributed by atoms with van der Waals surface area (Å²) < 4.78 is 11.2. The summed E-state index contributed by atoms with van der Waals surface area (Å²) in [6.45, 7) is 4.39. The minimum Gasteiger partial charge on any atom is -0.468 e. The first-order valence-corrected chi connectivity index (χ1v) is 8.39. The third-order valence-electron chi connectivity index (χ3n) is 5.36. The topological polar surface area (TPSA) is 71.8 Å². The molecule has 1 aromatic rings. The number of hydrogen-bond donors (Lipinski definition) is 1. The van der Waals surface area contributed by atoms with Crippen LogP contribution in [0.2, 0.25) is 0 Å². The number of amides is 2. The van der Waals surface area contributed by atoms with Gasteiger partial charge in [-0.3, -0.25) is 9.59 Å². The van der Waals surface area contributed by atoms with E-state index in [4.69, 9.17) is 9.15 Å². The van der Waals surface area contributed by atoms with Gasteiger partial charge in [0.25, 0.3) is 11.8 Å². The van der Waals surface area contributed by atoms with E-state index in [0.29, 0.717) is 55.5 Å². The highest BCUT2D eigenvalue weighted by molar-refractivity contribution is 6.08. The minimum absolute atomic E-state index is 0.107. The highest BCUT2D eigenvalue weighted by atomic mass is 16.5. The van der Waals surface area contributed by atoms with Gasteiger partial charge in [-0.2, -0.15) is 0 Å². The Morgan fingerprint density at radius 1 is 1.43 bits per heavy atom. The van der Waals surface area contributed by atoms with Gasteiger partial charge in [0.1, 0.15) is 12.0 Å². The quantitative estimate of drug-likeness (QED) is 0.899. The van der Waals surface area contributed by atoms with Crippen molar-refractivity contribution in [3.63, 3.8) is 0 Å². The number of morpholine rings is 1. The first-order chi connectivity index (χ1) is 11.1. The maximum Gasteiger partial charge on any atom is 0.258 e.